The van der Waals surface area contributed by atoms with Crippen LogP contribution in [0.4, 0.5) is 0 Å². The average molecular weight is 217 g/mol. The topological polar surface area (TPSA) is 30.5 Å². The van der Waals surface area contributed by atoms with E-state index in [2.05, 4.69) is 19.2 Å². The summed E-state index contributed by atoms with van der Waals surface area (Å²) in [6.07, 6.45) is 3.77. The van der Waals surface area contributed by atoms with Gasteiger partial charge in [-0.1, -0.05) is 6.92 Å². The molecule has 0 heterocycles. The van der Waals surface area contributed by atoms with E-state index in [9.17, 15) is 0 Å². The van der Waals surface area contributed by atoms with Crippen molar-refractivity contribution in [2.45, 2.75) is 46.1 Å². The van der Waals surface area contributed by atoms with Gasteiger partial charge in [0.15, 0.2) is 0 Å². The Morgan fingerprint density at radius 3 is 2.60 bits per heavy atom. The molecule has 3 heteroatoms. The molecule has 0 fully saturated rings. The Hall–Kier alpha value is -0.120. The third-order valence-corrected chi connectivity index (χ3v) is 2.13. The van der Waals surface area contributed by atoms with Gasteiger partial charge in [0.2, 0.25) is 0 Å². The molecule has 1 N–H and O–H groups in total. The summed E-state index contributed by atoms with van der Waals surface area (Å²) < 4.78 is 10.9. The number of nitrogens with one attached hydrogen (secondary N) is 1. The van der Waals surface area contributed by atoms with Crippen LogP contribution >= 0.6 is 0 Å². The molecule has 0 aliphatic rings. The predicted octanol–water partition coefficient (Wildman–Crippen LogP) is 2.21. The third kappa shape index (κ3) is 11.8. The van der Waals surface area contributed by atoms with Crippen LogP contribution in [-0.2, 0) is 9.47 Å². The van der Waals surface area contributed by atoms with Crippen molar-refractivity contribution in [3.05, 3.63) is 0 Å². The number of rotatable bonds is 11. The molecule has 92 valence electrons. The van der Waals surface area contributed by atoms with Gasteiger partial charge in [0.1, 0.15) is 0 Å². The first-order chi connectivity index (χ1) is 7.31. The molecule has 0 saturated carbocycles. The second-order valence-electron chi connectivity index (χ2n) is 3.80. The lowest BCUT2D eigenvalue weighted by molar-refractivity contribution is -0.00442. The lowest BCUT2D eigenvalue weighted by atomic mass is 10.3. The highest BCUT2D eigenvalue weighted by Crippen LogP contribution is 1.95. The normalized spacial score (nSPS) is 13.0. The molecule has 0 aromatic carbocycles. The minimum Gasteiger partial charge on any atom is -0.379 e. The van der Waals surface area contributed by atoms with Crippen molar-refractivity contribution in [2.24, 2.45) is 0 Å². The van der Waals surface area contributed by atoms with Gasteiger partial charge < -0.3 is 14.8 Å². The zero-order valence-corrected chi connectivity index (χ0v) is 10.6. The summed E-state index contributed by atoms with van der Waals surface area (Å²) >= 11 is 0. The summed E-state index contributed by atoms with van der Waals surface area (Å²) in [4.78, 5) is 0. The second-order valence-corrected chi connectivity index (χ2v) is 3.80. The summed E-state index contributed by atoms with van der Waals surface area (Å²) in [6.45, 7) is 10.8. The number of hydrogen-bond donors (Lipinski definition) is 1. The van der Waals surface area contributed by atoms with Crippen LogP contribution < -0.4 is 5.32 Å². The van der Waals surface area contributed by atoms with Crippen LogP contribution in [0, 0.1) is 0 Å². The fourth-order valence-corrected chi connectivity index (χ4v) is 1.27. The minimum absolute atomic E-state index is 0.230. The smallest absolute Gasteiger partial charge is 0.0780 e. The highest BCUT2D eigenvalue weighted by Gasteiger charge is 2.00. The third-order valence-electron chi connectivity index (χ3n) is 2.13. The molecule has 0 aliphatic carbocycles. The molecule has 0 amide bonds. The van der Waals surface area contributed by atoms with Crippen LogP contribution in [0.25, 0.3) is 0 Å². The van der Waals surface area contributed by atoms with E-state index in [1.54, 1.807) is 0 Å². The van der Waals surface area contributed by atoms with Gasteiger partial charge in [-0.05, 0) is 46.2 Å². The molecule has 0 bridgehead atoms. The molecule has 0 aliphatic heterocycles. The zero-order valence-electron chi connectivity index (χ0n) is 10.6. The molecule has 0 rings (SSSR count). The quantitative estimate of drug-likeness (QED) is 0.538. The van der Waals surface area contributed by atoms with Gasteiger partial charge in [0.05, 0.1) is 12.7 Å². The van der Waals surface area contributed by atoms with Crippen LogP contribution in [0.1, 0.15) is 40.0 Å². The lowest BCUT2D eigenvalue weighted by Crippen LogP contribution is -2.18. The van der Waals surface area contributed by atoms with E-state index in [0.29, 0.717) is 6.61 Å². The first-order valence-electron chi connectivity index (χ1n) is 6.21. The van der Waals surface area contributed by atoms with Gasteiger partial charge in [-0.15, -0.1) is 0 Å². The fourth-order valence-electron chi connectivity index (χ4n) is 1.27. The minimum atomic E-state index is 0.230. The van der Waals surface area contributed by atoms with E-state index in [4.69, 9.17) is 9.47 Å². The molecule has 3 nitrogen and oxygen atoms in total. The Balaban J connectivity index is 3.02. The molecule has 1 atom stereocenters. The van der Waals surface area contributed by atoms with Crippen LogP contribution in [-0.4, -0.2) is 39.0 Å². The standard InChI is InChI=1S/C12H27NO2/c1-4-8-13-9-6-7-10-15-12(3)11-14-5-2/h12-13H,4-11H2,1-3H3. The number of unbranched alkanes of at least 4 members (excludes halogenated alkanes) is 1. The van der Waals surface area contributed by atoms with E-state index in [0.717, 1.165) is 32.7 Å². The molecule has 0 radical (unpaired) electrons. The molecule has 0 aromatic rings. The lowest BCUT2D eigenvalue weighted by Gasteiger charge is -2.12. The van der Waals surface area contributed by atoms with Crippen molar-refractivity contribution < 1.29 is 9.47 Å². The van der Waals surface area contributed by atoms with E-state index in [1.165, 1.54) is 12.8 Å². The zero-order chi connectivity index (χ0) is 11.4. The predicted molar refractivity (Wildman–Crippen MR) is 64.3 cm³/mol. The van der Waals surface area contributed by atoms with Crippen molar-refractivity contribution in [3.63, 3.8) is 0 Å². The maximum atomic E-state index is 5.60. The molecule has 1 unspecified atom stereocenters. The first kappa shape index (κ1) is 14.9. The van der Waals surface area contributed by atoms with Crippen molar-refractivity contribution in [3.8, 4) is 0 Å². The van der Waals surface area contributed by atoms with Crippen LogP contribution in [0.15, 0.2) is 0 Å². The maximum absolute atomic E-state index is 5.60. The highest BCUT2D eigenvalue weighted by molar-refractivity contribution is 4.50. The van der Waals surface area contributed by atoms with Crippen molar-refractivity contribution in [1.82, 2.24) is 5.32 Å². The van der Waals surface area contributed by atoms with Gasteiger partial charge in [-0.2, -0.15) is 0 Å². The number of hydrogen-bond acceptors (Lipinski definition) is 3. The summed E-state index contributed by atoms with van der Waals surface area (Å²) in [6, 6.07) is 0. The monoisotopic (exact) mass is 217 g/mol. The van der Waals surface area contributed by atoms with Gasteiger partial charge >= 0.3 is 0 Å². The Labute approximate surface area is 94.5 Å². The fraction of sp³-hybridized carbons (Fsp3) is 1.00. The van der Waals surface area contributed by atoms with Crippen molar-refractivity contribution >= 4 is 0 Å². The summed E-state index contributed by atoms with van der Waals surface area (Å²) in [7, 11) is 0. The summed E-state index contributed by atoms with van der Waals surface area (Å²) in [5.41, 5.74) is 0. The Morgan fingerprint density at radius 2 is 1.93 bits per heavy atom. The Bertz CT molecular complexity index is 120. The SMILES string of the molecule is CCCNCCCCOC(C)COCC. The highest BCUT2D eigenvalue weighted by atomic mass is 16.5. The average Bonchev–Trinajstić information content (AvgIpc) is 2.25. The van der Waals surface area contributed by atoms with E-state index < -0.39 is 0 Å². The van der Waals surface area contributed by atoms with E-state index in [-0.39, 0.29) is 6.10 Å². The Morgan fingerprint density at radius 1 is 1.13 bits per heavy atom. The molecular formula is C12H27NO2. The van der Waals surface area contributed by atoms with E-state index >= 15 is 0 Å². The molecule has 0 aromatic heterocycles. The summed E-state index contributed by atoms with van der Waals surface area (Å²) in [5, 5.41) is 3.38. The van der Waals surface area contributed by atoms with Crippen molar-refractivity contribution in [2.75, 3.05) is 32.9 Å². The Kier molecular flexibility index (Phi) is 11.9. The van der Waals surface area contributed by atoms with Gasteiger partial charge in [-0.25, -0.2) is 0 Å². The molecular weight excluding hydrogens is 190 g/mol. The van der Waals surface area contributed by atoms with Crippen LogP contribution in [0.3, 0.4) is 0 Å². The first-order valence-corrected chi connectivity index (χ1v) is 6.21. The molecule has 0 saturated heterocycles. The van der Waals surface area contributed by atoms with E-state index in [1.807, 2.05) is 6.92 Å². The largest absolute Gasteiger partial charge is 0.379 e. The molecule has 15 heavy (non-hydrogen) atoms. The van der Waals surface area contributed by atoms with Gasteiger partial charge in [-0.3, -0.25) is 0 Å². The second kappa shape index (κ2) is 12.0. The van der Waals surface area contributed by atoms with Gasteiger partial charge in [0, 0.05) is 13.2 Å². The maximum Gasteiger partial charge on any atom is 0.0780 e. The van der Waals surface area contributed by atoms with Crippen molar-refractivity contribution in [1.29, 1.82) is 0 Å². The summed E-state index contributed by atoms with van der Waals surface area (Å²) in [5.74, 6) is 0. The van der Waals surface area contributed by atoms with Crippen LogP contribution in [0.5, 0.6) is 0 Å². The number of ether oxygens (including phenoxy) is 2. The molecule has 0 spiro atoms. The van der Waals surface area contributed by atoms with Crippen LogP contribution in [0.2, 0.25) is 0 Å². The van der Waals surface area contributed by atoms with Gasteiger partial charge in [0.25, 0.3) is 0 Å².